The number of benzene rings is 2. The highest BCUT2D eigenvalue weighted by Gasteiger charge is 2.23. The van der Waals surface area contributed by atoms with Crippen LogP contribution in [0.4, 0.5) is 0 Å². The number of nitrogens with one attached hydrogen (secondary N) is 1. The molecule has 5 nitrogen and oxygen atoms in total. The number of nitrogens with zero attached hydrogens (tertiary/aromatic N) is 1. The maximum absolute atomic E-state index is 12.4. The van der Waals surface area contributed by atoms with E-state index in [-0.39, 0.29) is 18.6 Å². The van der Waals surface area contributed by atoms with Crippen LogP contribution in [0.15, 0.2) is 48.5 Å². The number of amides is 1. The van der Waals surface area contributed by atoms with Crippen LogP contribution < -0.4 is 10.1 Å². The van der Waals surface area contributed by atoms with Gasteiger partial charge in [0.2, 0.25) is 0 Å². The summed E-state index contributed by atoms with van der Waals surface area (Å²) in [5.41, 5.74) is 3.80. The van der Waals surface area contributed by atoms with Gasteiger partial charge in [0.15, 0.2) is 6.61 Å². The number of aryl methyl sites for hydroxylation is 1. The summed E-state index contributed by atoms with van der Waals surface area (Å²) in [5, 5.41) is 3.06. The summed E-state index contributed by atoms with van der Waals surface area (Å²) in [4.78, 5) is 14.8. The van der Waals surface area contributed by atoms with E-state index < -0.39 is 0 Å². The molecule has 1 heterocycles. The maximum Gasteiger partial charge on any atom is 0.258 e. The second-order valence-electron chi connectivity index (χ2n) is 8.08. The first-order valence-corrected chi connectivity index (χ1v) is 11.0. The number of carbonyl (C=O) groups is 1. The molecule has 0 spiro atoms. The predicted octanol–water partition coefficient (Wildman–Crippen LogP) is 3.94. The summed E-state index contributed by atoms with van der Waals surface area (Å²) in [6, 6.07) is 16.8. The lowest BCUT2D eigenvalue weighted by Crippen LogP contribution is -2.44. The maximum atomic E-state index is 12.4. The molecule has 1 atom stereocenters. The molecule has 2 aromatic carbocycles. The van der Waals surface area contributed by atoms with Gasteiger partial charge < -0.3 is 14.8 Å². The summed E-state index contributed by atoms with van der Waals surface area (Å²) in [6.45, 7) is 10.3. The van der Waals surface area contributed by atoms with Gasteiger partial charge in [-0.3, -0.25) is 9.69 Å². The zero-order valence-electron chi connectivity index (χ0n) is 18.4. The molecule has 3 rings (SSSR count). The SMILES string of the molecule is CCc1ccc(OCC(=O)NCC(c2ccc(C(C)C)cc2)N2CCOCC2)cc1. The molecule has 1 unspecified atom stereocenters. The first-order chi connectivity index (χ1) is 14.6. The molecule has 1 amide bonds. The standard InChI is InChI=1S/C25H34N2O3/c1-4-20-5-11-23(12-6-20)30-18-25(28)26-17-24(27-13-15-29-16-14-27)22-9-7-21(8-10-22)19(2)3/h5-12,19,24H,4,13-18H2,1-3H3,(H,26,28). The zero-order chi connectivity index (χ0) is 21.3. The van der Waals surface area contributed by atoms with E-state index in [1.54, 1.807) is 0 Å². The molecule has 0 aromatic heterocycles. The van der Waals surface area contributed by atoms with E-state index >= 15 is 0 Å². The molecule has 162 valence electrons. The molecule has 2 aromatic rings. The van der Waals surface area contributed by atoms with Crippen LogP contribution in [0, 0.1) is 0 Å². The Bertz CT molecular complexity index is 781. The number of hydrogen-bond donors (Lipinski definition) is 1. The van der Waals surface area contributed by atoms with Crippen LogP contribution in [-0.4, -0.2) is 50.3 Å². The lowest BCUT2D eigenvalue weighted by molar-refractivity contribution is -0.123. The average Bonchev–Trinajstić information content (AvgIpc) is 2.79. The Morgan fingerprint density at radius 3 is 2.27 bits per heavy atom. The minimum Gasteiger partial charge on any atom is -0.484 e. The normalized spacial score (nSPS) is 15.7. The molecule has 0 saturated carbocycles. The molecule has 1 aliphatic rings. The van der Waals surface area contributed by atoms with Crippen LogP contribution in [0.25, 0.3) is 0 Å². The smallest absolute Gasteiger partial charge is 0.258 e. The van der Waals surface area contributed by atoms with Crippen LogP contribution in [0.3, 0.4) is 0 Å². The second-order valence-corrected chi connectivity index (χ2v) is 8.08. The van der Waals surface area contributed by atoms with Crippen LogP contribution in [0.2, 0.25) is 0 Å². The highest BCUT2D eigenvalue weighted by atomic mass is 16.5. The minimum absolute atomic E-state index is 0.0214. The zero-order valence-corrected chi connectivity index (χ0v) is 18.4. The van der Waals surface area contributed by atoms with Crippen molar-refractivity contribution in [3.8, 4) is 5.75 Å². The van der Waals surface area contributed by atoms with Crippen LogP contribution in [-0.2, 0) is 16.0 Å². The second kappa shape index (κ2) is 11.1. The lowest BCUT2D eigenvalue weighted by Gasteiger charge is -2.35. The third-order valence-corrected chi connectivity index (χ3v) is 5.67. The first kappa shape index (κ1) is 22.3. The molecule has 0 bridgehead atoms. The van der Waals surface area contributed by atoms with E-state index in [4.69, 9.17) is 9.47 Å². The first-order valence-electron chi connectivity index (χ1n) is 11.0. The van der Waals surface area contributed by atoms with Crippen molar-refractivity contribution in [1.29, 1.82) is 0 Å². The van der Waals surface area contributed by atoms with E-state index in [1.807, 2.05) is 24.3 Å². The van der Waals surface area contributed by atoms with Crippen molar-refractivity contribution in [1.82, 2.24) is 10.2 Å². The minimum atomic E-state index is -0.105. The third-order valence-electron chi connectivity index (χ3n) is 5.67. The van der Waals surface area contributed by atoms with Crippen LogP contribution >= 0.6 is 0 Å². The number of carbonyl (C=O) groups excluding carboxylic acids is 1. The van der Waals surface area contributed by atoms with Crippen molar-refractivity contribution in [3.05, 3.63) is 65.2 Å². The Morgan fingerprint density at radius 2 is 1.67 bits per heavy atom. The van der Waals surface area contributed by atoms with Crippen molar-refractivity contribution >= 4 is 5.91 Å². The van der Waals surface area contributed by atoms with E-state index in [9.17, 15) is 4.79 Å². The fraction of sp³-hybridized carbons (Fsp3) is 0.480. The topological polar surface area (TPSA) is 50.8 Å². The Labute approximate surface area is 180 Å². The van der Waals surface area contributed by atoms with E-state index in [0.717, 1.165) is 38.5 Å². The Hall–Kier alpha value is -2.37. The summed E-state index contributed by atoms with van der Waals surface area (Å²) in [7, 11) is 0. The van der Waals surface area contributed by atoms with Crippen molar-refractivity contribution in [3.63, 3.8) is 0 Å². The molecular weight excluding hydrogens is 376 g/mol. The molecule has 5 heteroatoms. The number of hydrogen-bond acceptors (Lipinski definition) is 4. The van der Waals surface area contributed by atoms with Gasteiger partial charge in [-0.05, 0) is 41.2 Å². The van der Waals surface area contributed by atoms with Gasteiger partial charge in [0, 0.05) is 19.6 Å². The monoisotopic (exact) mass is 410 g/mol. The Kier molecular flexibility index (Phi) is 8.29. The van der Waals surface area contributed by atoms with Crippen molar-refractivity contribution in [2.75, 3.05) is 39.5 Å². The fourth-order valence-corrected chi connectivity index (χ4v) is 3.68. The van der Waals surface area contributed by atoms with Gasteiger partial charge in [-0.15, -0.1) is 0 Å². The third kappa shape index (κ3) is 6.31. The number of morpholine rings is 1. The number of rotatable bonds is 9. The van der Waals surface area contributed by atoms with E-state index in [0.29, 0.717) is 12.5 Å². The van der Waals surface area contributed by atoms with Crippen molar-refractivity contribution < 1.29 is 14.3 Å². The molecule has 1 aliphatic heterocycles. The van der Waals surface area contributed by atoms with Gasteiger partial charge in [-0.2, -0.15) is 0 Å². The van der Waals surface area contributed by atoms with Gasteiger partial charge in [0.25, 0.3) is 5.91 Å². The van der Waals surface area contributed by atoms with Gasteiger partial charge in [0.05, 0.1) is 19.3 Å². The largest absolute Gasteiger partial charge is 0.484 e. The predicted molar refractivity (Wildman–Crippen MR) is 120 cm³/mol. The summed E-state index contributed by atoms with van der Waals surface area (Å²) in [5.74, 6) is 1.12. The van der Waals surface area contributed by atoms with Crippen molar-refractivity contribution in [2.45, 2.75) is 39.2 Å². The number of ether oxygens (including phenoxy) is 2. The fourth-order valence-electron chi connectivity index (χ4n) is 3.68. The highest BCUT2D eigenvalue weighted by Crippen LogP contribution is 2.24. The molecule has 1 fully saturated rings. The van der Waals surface area contributed by atoms with E-state index in [2.05, 4.69) is 55.3 Å². The Balaban J connectivity index is 1.58. The molecule has 0 aliphatic carbocycles. The summed E-state index contributed by atoms with van der Waals surface area (Å²) >= 11 is 0. The van der Waals surface area contributed by atoms with Gasteiger partial charge in [-0.25, -0.2) is 0 Å². The van der Waals surface area contributed by atoms with Gasteiger partial charge in [-0.1, -0.05) is 57.2 Å². The van der Waals surface area contributed by atoms with Crippen LogP contribution in [0.5, 0.6) is 5.75 Å². The average molecular weight is 411 g/mol. The van der Waals surface area contributed by atoms with Gasteiger partial charge in [0.1, 0.15) is 5.75 Å². The summed E-state index contributed by atoms with van der Waals surface area (Å²) < 4.78 is 11.2. The van der Waals surface area contributed by atoms with Crippen molar-refractivity contribution in [2.24, 2.45) is 0 Å². The quantitative estimate of drug-likeness (QED) is 0.680. The molecular formula is C25H34N2O3. The molecule has 0 radical (unpaired) electrons. The van der Waals surface area contributed by atoms with Crippen LogP contribution in [0.1, 0.15) is 49.4 Å². The van der Waals surface area contributed by atoms with Gasteiger partial charge >= 0.3 is 0 Å². The summed E-state index contributed by atoms with van der Waals surface area (Å²) in [6.07, 6.45) is 0.988. The van der Waals surface area contributed by atoms with E-state index in [1.165, 1.54) is 16.7 Å². The molecule has 1 N–H and O–H groups in total. The Morgan fingerprint density at radius 1 is 1.03 bits per heavy atom. The highest BCUT2D eigenvalue weighted by molar-refractivity contribution is 5.77. The molecule has 1 saturated heterocycles. The lowest BCUT2D eigenvalue weighted by atomic mass is 9.98. The molecule has 30 heavy (non-hydrogen) atoms.